The Balaban J connectivity index is 1.62. The Labute approximate surface area is 198 Å². The van der Waals surface area contributed by atoms with E-state index in [1.807, 2.05) is 0 Å². The largest absolute Gasteiger partial charge is 0.480 e. The summed E-state index contributed by atoms with van der Waals surface area (Å²) in [7, 11) is -3.74. The van der Waals surface area contributed by atoms with Gasteiger partial charge in [-0.1, -0.05) is 0 Å². The highest BCUT2D eigenvalue weighted by Crippen LogP contribution is 2.32. The second-order valence-electron chi connectivity index (χ2n) is 8.18. The van der Waals surface area contributed by atoms with E-state index in [9.17, 15) is 30.8 Å². The molecule has 13 heteroatoms. The number of benzene rings is 1. The molecule has 1 unspecified atom stereocenters. The molecular formula is C22H20F4N4O4S. The van der Waals surface area contributed by atoms with Crippen LogP contribution in [0.2, 0.25) is 0 Å². The van der Waals surface area contributed by atoms with E-state index in [1.54, 1.807) is 6.20 Å². The molecule has 4 rings (SSSR count). The molecule has 2 aromatic heterocycles. The van der Waals surface area contributed by atoms with E-state index in [1.165, 1.54) is 28.6 Å². The highest BCUT2D eigenvalue weighted by molar-refractivity contribution is 7.90. The quantitative estimate of drug-likeness (QED) is 0.485. The summed E-state index contributed by atoms with van der Waals surface area (Å²) in [6.45, 7) is 2.41. The van der Waals surface area contributed by atoms with Crippen molar-refractivity contribution in [3.05, 3.63) is 64.9 Å². The van der Waals surface area contributed by atoms with E-state index in [2.05, 4.69) is 10.1 Å². The number of hydrogen-bond acceptors (Lipinski definition) is 6. The number of halogens is 4. The molecule has 1 aliphatic rings. The predicted molar refractivity (Wildman–Crippen MR) is 115 cm³/mol. The molecule has 8 nitrogen and oxygen atoms in total. The number of aromatic nitrogens is 3. The number of pyridine rings is 1. The van der Waals surface area contributed by atoms with Gasteiger partial charge in [0.25, 0.3) is 5.91 Å². The predicted octanol–water partition coefficient (Wildman–Crippen LogP) is 3.60. The minimum atomic E-state index is -4.68. The van der Waals surface area contributed by atoms with E-state index in [4.69, 9.17) is 4.74 Å². The molecule has 1 aromatic carbocycles. The maximum atomic E-state index is 13.5. The summed E-state index contributed by atoms with van der Waals surface area (Å²) in [5.74, 6) is -1.17. The number of nitrogens with zero attached hydrogens (tertiary/aromatic N) is 4. The van der Waals surface area contributed by atoms with Crippen LogP contribution in [0.3, 0.4) is 0 Å². The van der Waals surface area contributed by atoms with Crippen LogP contribution in [0.25, 0.3) is 5.82 Å². The highest BCUT2D eigenvalue weighted by atomic mass is 32.2. The lowest BCUT2D eigenvalue weighted by atomic mass is 10.1. The van der Waals surface area contributed by atoms with Crippen LogP contribution in [-0.4, -0.2) is 52.5 Å². The molecule has 0 fully saturated rings. The van der Waals surface area contributed by atoms with Crippen molar-refractivity contribution < 1.29 is 35.5 Å². The first-order chi connectivity index (χ1) is 16.2. The molecule has 1 atom stereocenters. The summed E-state index contributed by atoms with van der Waals surface area (Å²) in [5, 5.41) is 4.38. The molecule has 3 heterocycles. The zero-order valence-electron chi connectivity index (χ0n) is 18.8. The number of ether oxygens (including phenoxy) is 1. The average Bonchev–Trinajstić information content (AvgIpc) is 3.33. The Kier molecular flexibility index (Phi) is 6.07. The van der Waals surface area contributed by atoms with Crippen LogP contribution >= 0.6 is 0 Å². The SMILES string of the molecule is Cc1nc(-n2cc3c(n2)CN(C(=O)c2cc(S(C)(=O)=O)ccc2OC(C)C(F)(F)F)C3)ccc1F. The summed E-state index contributed by atoms with van der Waals surface area (Å²) in [4.78, 5) is 18.5. The lowest BCUT2D eigenvalue weighted by molar-refractivity contribution is -0.189. The van der Waals surface area contributed by atoms with E-state index >= 15 is 0 Å². The zero-order valence-corrected chi connectivity index (χ0v) is 19.6. The normalized spacial score (nSPS) is 14.7. The number of carbonyl (C=O) groups excluding carboxylic acids is 1. The fraction of sp³-hybridized carbons (Fsp3) is 0.318. The van der Waals surface area contributed by atoms with Crippen LogP contribution in [0, 0.1) is 12.7 Å². The number of hydrogen-bond donors (Lipinski definition) is 0. The van der Waals surface area contributed by atoms with E-state index in [0.29, 0.717) is 17.1 Å². The van der Waals surface area contributed by atoms with Gasteiger partial charge in [0.05, 0.1) is 28.4 Å². The first-order valence-corrected chi connectivity index (χ1v) is 12.2. The van der Waals surface area contributed by atoms with Gasteiger partial charge in [0.1, 0.15) is 11.6 Å². The summed E-state index contributed by atoms with van der Waals surface area (Å²) >= 11 is 0. The fourth-order valence-corrected chi connectivity index (χ4v) is 4.16. The second-order valence-corrected chi connectivity index (χ2v) is 10.2. The lowest BCUT2D eigenvalue weighted by Crippen LogP contribution is -2.33. The molecule has 0 N–H and O–H groups in total. The smallest absolute Gasteiger partial charge is 0.425 e. The van der Waals surface area contributed by atoms with Gasteiger partial charge in [-0.25, -0.2) is 22.5 Å². The van der Waals surface area contributed by atoms with Crippen molar-refractivity contribution in [1.29, 1.82) is 0 Å². The van der Waals surface area contributed by atoms with Gasteiger partial charge in [-0.3, -0.25) is 4.79 Å². The maximum Gasteiger partial charge on any atom is 0.425 e. The number of aryl methyl sites for hydroxylation is 1. The van der Waals surface area contributed by atoms with Crippen LogP contribution in [0.1, 0.15) is 34.2 Å². The summed E-state index contributed by atoms with van der Waals surface area (Å²) in [6, 6.07) is 5.86. The van der Waals surface area contributed by atoms with Gasteiger partial charge in [0.15, 0.2) is 21.8 Å². The van der Waals surface area contributed by atoms with Gasteiger partial charge < -0.3 is 9.64 Å². The summed E-state index contributed by atoms with van der Waals surface area (Å²) in [5.41, 5.74) is 1.07. The Hall–Kier alpha value is -3.48. The van der Waals surface area contributed by atoms with Crippen molar-refractivity contribution in [2.45, 2.75) is 44.1 Å². The molecule has 1 amide bonds. The maximum absolute atomic E-state index is 13.5. The Bertz CT molecular complexity index is 1400. The van der Waals surface area contributed by atoms with Crippen LogP contribution in [0.5, 0.6) is 5.75 Å². The van der Waals surface area contributed by atoms with Gasteiger partial charge in [0.2, 0.25) is 0 Å². The van der Waals surface area contributed by atoms with E-state index < -0.39 is 33.8 Å². The molecule has 35 heavy (non-hydrogen) atoms. The molecule has 0 saturated carbocycles. The van der Waals surface area contributed by atoms with Crippen molar-refractivity contribution >= 4 is 15.7 Å². The first kappa shape index (κ1) is 24.6. The number of amides is 1. The Morgan fingerprint density at radius 2 is 1.89 bits per heavy atom. The minimum Gasteiger partial charge on any atom is -0.480 e. The summed E-state index contributed by atoms with van der Waals surface area (Å²) < 4.78 is 83.1. The number of carbonyl (C=O) groups is 1. The van der Waals surface area contributed by atoms with Crippen LogP contribution in [0.15, 0.2) is 41.4 Å². The zero-order chi connectivity index (χ0) is 25.7. The summed E-state index contributed by atoms with van der Waals surface area (Å²) in [6.07, 6.45) is -4.35. The van der Waals surface area contributed by atoms with Crippen LogP contribution in [0.4, 0.5) is 17.6 Å². The number of alkyl halides is 3. The van der Waals surface area contributed by atoms with Crippen LogP contribution in [-0.2, 0) is 22.9 Å². The third-order valence-corrected chi connectivity index (χ3v) is 6.59. The molecule has 0 spiro atoms. The van der Waals surface area contributed by atoms with E-state index in [0.717, 1.165) is 31.4 Å². The topological polar surface area (TPSA) is 94.4 Å². The standard InChI is InChI=1S/C22H20F4N4O4S/c1-12-17(23)5-7-20(27-12)30-10-14-9-29(11-18(14)28-30)21(31)16-8-15(35(3,32)33)4-6-19(16)34-13(2)22(24,25)26/h4-8,10,13H,9,11H2,1-3H3. The van der Waals surface area contributed by atoms with Gasteiger partial charge >= 0.3 is 6.18 Å². The van der Waals surface area contributed by atoms with Crippen molar-refractivity contribution in [3.63, 3.8) is 0 Å². The lowest BCUT2D eigenvalue weighted by Gasteiger charge is -2.22. The molecule has 3 aromatic rings. The monoisotopic (exact) mass is 512 g/mol. The molecule has 1 aliphatic heterocycles. The Morgan fingerprint density at radius 1 is 1.17 bits per heavy atom. The fourth-order valence-electron chi connectivity index (χ4n) is 3.51. The third-order valence-electron chi connectivity index (χ3n) is 5.48. The number of fused-ring (bicyclic) bond motifs is 1. The van der Waals surface area contributed by atoms with Gasteiger partial charge in [-0.05, 0) is 44.2 Å². The van der Waals surface area contributed by atoms with Crippen molar-refractivity contribution in [1.82, 2.24) is 19.7 Å². The van der Waals surface area contributed by atoms with Gasteiger partial charge in [0, 0.05) is 24.6 Å². The minimum absolute atomic E-state index is 0.0265. The van der Waals surface area contributed by atoms with Crippen molar-refractivity contribution in [3.8, 4) is 11.6 Å². The molecule has 0 aliphatic carbocycles. The molecular weight excluding hydrogens is 492 g/mol. The first-order valence-electron chi connectivity index (χ1n) is 10.3. The molecule has 0 saturated heterocycles. The Morgan fingerprint density at radius 3 is 2.49 bits per heavy atom. The van der Waals surface area contributed by atoms with Crippen molar-refractivity contribution in [2.75, 3.05) is 6.26 Å². The van der Waals surface area contributed by atoms with E-state index in [-0.39, 0.29) is 35.0 Å². The molecule has 186 valence electrons. The molecule has 0 bridgehead atoms. The number of sulfone groups is 1. The third kappa shape index (κ3) is 4.99. The van der Waals surface area contributed by atoms with Gasteiger partial charge in [-0.2, -0.15) is 18.3 Å². The molecule has 0 radical (unpaired) electrons. The van der Waals surface area contributed by atoms with Gasteiger partial charge in [-0.15, -0.1) is 0 Å². The number of rotatable bonds is 5. The van der Waals surface area contributed by atoms with Crippen LogP contribution < -0.4 is 4.74 Å². The van der Waals surface area contributed by atoms with Crippen molar-refractivity contribution in [2.24, 2.45) is 0 Å². The highest BCUT2D eigenvalue weighted by Gasteiger charge is 2.39. The second kappa shape index (κ2) is 8.63. The average molecular weight is 512 g/mol.